The number of nitrogens with one attached hydrogen (secondary N) is 3. The molecule has 0 atom stereocenters. The molecule has 1 radical (unpaired) electrons. The number of ketones is 2. The molecular formula is C33H22CuN5Na3O11S3. The van der Waals surface area contributed by atoms with Crippen molar-refractivity contribution in [2.45, 2.75) is 16.7 Å². The molecule has 23 heteroatoms. The van der Waals surface area contributed by atoms with Crippen LogP contribution in [0.3, 0.4) is 0 Å². The third-order valence-electron chi connectivity index (χ3n) is 7.72. The van der Waals surface area contributed by atoms with Crippen molar-refractivity contribution >= 4 is 87.3 Å². The van der Waals surface area contributed by atoms with Crippen LogP contribution in [0, 0.1) is 0 Å². The first kappa shape index (κ1) is 49.8. The van der Waals surface area contributed by atoms with Gasteiger partial charge >= 0.3 is 88.7 Å². The molecule has 3 N–H and O–H groups in total. The zero-order valence-electron chi connectivity index (χ0n) is 29.6. The SMILES string of the molecule is CC1=CC(=NN=C2C(=O)c3ccc(Nc4ccccc4)cc3C=C2S(=O)(=O)[O-])C(=O)C=C1NNc1cc(S(=O)(=O)[O-])c2cccc(S(=O)(=O)[O-])c2c1.[Cu].[Na+].[Na+].[Na+]. The number of benzene rings is 4. The number of allylic oxidation sites excluding steroid dienone is 4. The molecule has 0 bridgehead atoms. The summed E-state index contributed by atoms with van der Waals surface area (Å²) in [5, 5.41) is 9.96. The average Bonchev–Trinajstić information content (AvgIpc) is 3.06. The van der Waals surface area contributed by atoms with Crippen molar-refractivity contribution in [1.29, 1.82) is 0 Å². The second-order valence-corrected chi connectivity index (χ2v) is 15.3. The fraction of sp³-hybridized carbons (Fsp3) is 0.0303. The van der Waals surface area contributed by atoms with Crippen LogP contribution in [-0.2, 0) is 52.2 Å². The van der Waals surface area contributed by atoms with Crippen LogP contribution >= 0.6 is 0 Å². The number of rotatable bonds is 9. The predicted octanol–water partition coefficient (Wildman–Crippen LogP) is -5.69. The molecule has 0 aromatic heterocycles. The van der Waals surface area contributed by atoms with Crippen molar-refractivity contribution in [2.24, 2.45) is 10.2 Å². The van der Waals surface area contributed by atoms with Crippen molar-refractivity contribution < 1.29 is 154 Å². The van der Waals surface area contributed by atoms with Crippen LogP contribution in [0.5, 0.6) is 0 Å². The molecule has 0 saturated heterocycles. The zero-order chi connectivity index (χ0) is 37.6. The number of hydrogen-bond acceptors (Lipinski definition) is 16. The van der Waals surface area contributed by atoms with Crippen molar-refractivity contribution in [3.05, 3.63) is 118 Å². The molecular weight excluding hydrogens is 871 g/mol. The Kier molecular flexibility index (Phi) is 17.5. The van der Waals surface area contributed by atoms with Gasteiger partial charge in [0.2, 0.25) is 11.6 Å². The molecule has 2 aliphatic carbocycles. The molecule has 277 valence electrons. The number of hydrazine groups is 1. The Hall–Kier alpha value is -2.31. The summed E-state index contributed by atoms with van der Waals surface area (Å²) in [5.41, 5.74) is 5.66. The Balaban J connectivity index is 0.00000271. The third-order valence-corrected chi connectivity index (χ3v) is 10.3. The summed E-state index contributed by atoms with van der Waals surface area (Å²) in [7, 11) is -15.5. The first-order valence-corrected chi connectivity index (χ1v) is 18.9. The monoisotopic (exact) mass is 892 g/mol. The molecule has 0 unspecified atom stereocenters. The normalized spacial score (nSPS) is 15.5. The molecule has 0 amide bonds. The van der Waals surface area contributed by atoms with E-state index in [0.29, 0.717) is 11.3 Å². The molecule has 4 aromatic rings. The Bertz CT molecular complexity index is 2740. The standard InChI is InChI=1S/C33H25N5O11S3.Cu.3Na/c1-18-12-27(28(39)17-26(18)36-35-22-15-25-24(30(16-22)51(44,45)46)8-5-9-29(25)50(41,42)43)37-38-32-31(52(47,48)49)14-19-13-21(10-11-23(19)33(32)40)34-20-6-3-2-4-7-20;;;;/h2-17,34-36H,1H3,(H,41,42,43)(H,44,45,46)(H,47,48,49);;;;/q;;3*+1/p-3. The fourth-order valence-electron chi connectivity index (χ4n) is 5.34. The minimum Gasteiger partial charge on any atom is -0.744 e. The van der Waals surface area contributed by atoms with Crippen molar-refractivity contribution in [3.63, 3.8) is 0 Å². The Morgan fingerprint density at radius 1 is 0.607 bits per heavy atom. The number of anilines is 3. The number of Topliss-reactive ketones (excluding diaryl/α,β-unsaturated/α-hetero) is 1. The molecule has 0 aliphatic heterocycles. The fourth-order valence-corrected chi connectivity index (χ4v) is 7.38. The van der Waals surface area contributed by atoms with E-state index in [2.05, 4.69) is 26.4 Å². The van der Waals surface area contributed by atoms with E-state index in [1.807, 2.05) is 6.07 Å². The van der Waals surface area contributed by atoms with Crippen molar-refractivity contribution in [3.8, 4) is 0 Å². The number of para-hydroxylation sites is 1. The molecule has 0 spiro atoms. The van der Waals surface area contributed by atoms with Gasteiger partial charge in [0.25, 0.3) is 0 Å². The van der Waals surface area contributed by atoms with E-state index in [9.17, 15) is 48.5 Å². The minimum atomic E-state index is -5.25. The van der Waals surface area contributed by atoms with E-state index in [1.165, 1.54) is 25.1 Å². The van der Waals surface area contributed by atoms with E-state index in [4.69, 9.17) is 0 Å². The van der Waals surface area contributed by atoms with Crippen LogP contribution in [0.1, 0.15) is 22.8 Å². The Morgan fingerprint density at radius 2 is 1.27 bits per heavy atom. The minimum absolute atomic E-state index is 0. The van der Waals surface area contributed by atoms with E-state index in [0.717, 1.165) is 48.2 Å². The Morgan fingerprint density at radius 3 is 1.89 bits per heavy atom. The van der Waals surface area contributed by atoms with E-state index in [1.54, 1.807) is 30.3 Å². The summed E-state index contributed by atoms with van der Waals surface area (Å²) in [6.45, 7) is 1.50. The topological polar surface area (TPSA) is 267 Å². The van der Waals surface area contributed by atoms with Crippen LogP contribution in [0.15, 0.2) is 127 Å². The maximum absolute atomic E-state index is 13.4. The molecule has 4 aromatic carbocycles. The van der Waals surface area contributed by atoms with Gasteiger partial charge in [-0.25, -0.2) is 25.3 Å². The Labute approximate surface area is 398 Å². The number of carbonyl (C=O) groups is 2. The summed E-state index contributed by atoms with van der Waals surface area (Å²) < 4.78 is 108. The van der Waals surface area contributed by atoms with Crippen LogP contribution in [0.4, 0.5) is 17.1 Å². The summed E-state index contributed by atoms with van der Waals surface area (Å²) in [5.74, 6) is -1.72. The van der Waals surface area contributed by atoms with Gasteiger partial charge in [0.1, 0.15) is 36.1 Å². The van der Waals surface area contributed by atoms with Crippen molar-refractivity contribution in [2.75, 3.05) is 10.7 Å². The molecule has 2 aliphatic rings. The molecule has 0 heterocycles. The van der Waals surface area contributed by atoms with Gasteiger partial charge in [-0.1, -0.05) is 30.3 Å². The first-order valence-electron chi connectivity index (χ1n) is 14.7. The van der Waals surface area contributed by atoms with Gasteiger partial charge in [0, 0.05) is 50.9 Å². The number of fused-ring (bicyclic) bond motifs is 2. The van der Waals surface area contributed by atoms with Crippen LogP contribution in [0.2, 0.25) is 0 Å². The third kappa shape index (κ3) is 11.2. The molecule has 16 nitrogen and oxygen atoms in total. The second-order valence-electron chi connectivity index (χ2n) is 11.3. The van der Waals surface area contributed by atoms with Gasteiger partial charge in [-0.15, -0.1) is 10.2 Å². The summed E-state index contributed by atoms with van der Waals surface area (Å²) >= 11 is 0. The van der Waals surface area contributed by atoms with E-state index < -0.39 is 62.3 Å². The maximum atomic E-state index is 13.4. The van der Waals surface area contributed by atoms with E-state index >= 15 is 0 Å². The number of hydrogen-bond donors (Lipinski definition) is 3. The smallest absolute Gasteiger partial charge is 0.744 e. The summed E-state index contributed by atoms with van der Waals surface area (Å²) in [4.78, 5) is 23.8. The predicted molar refractivity (Wildman–Crippen MR) is 187 cm³/mol. The summed E-state index contributed by atoms with van der Waals surface area (Å²) in [6, 6.07) is 18.7. The zero-order valence-corrected chi connectivity index (χ0v) is 39.0. The van der Waals surface area contributed by atoms with Crippen LogP contribution in [0.25, 0.3) is 16.8 Å². The first-order chi connectivity index (χ1) is 24.4. The van der Waals surface area contributed by atoms with E-state index in [-0.39, 0.29) is 145 Å². The molecule has 0 fully saturated rings. The van der Waals surface area contributed by atoms with Gasteiger partial charge in [-0.3, -0.25) is 9.59 Å². The molecule has 56 heavy (non-hydrogen) atoms. The largest absolute Gasteiger partial charge is 1.00 e. The van der Waals surface area contributed by atoms with Gasteiger partial charge in [0.15, 0.2) is 5.71 Å². The van der Waals surface area contributed by atoms with Gasteiger partial charge in [0.05, 0.1) is 26.1 Å². The summed E-state index contributed by atoms with van der Waals surface area (Å²) in [6.07, 6.45) is 3.23. The number of carbonyl (C=O) groups excluding carboxylic acids is 2. The quantitative estimate of drug-likeness (QED) is 0.0613. The average molecular weight is 893 g/mol. The van der Waals surface area contributed by atoms with Crippen LogP contribution < -0.4 is 105 Å². The van der Waals surface area contributed by atoms with Crippen molar-refractivity contribution in [1.82, 2.24) is 5.43 Å². The van der Waals surface area contributed by atoms with Gasteiger partial charge in [-0.05, 0) is 78.7 Å². The second kappa shape index (κ2) is 19.6. The molecule has 0 saturated carbocycles. The maximum Gasteiger partial charge on any atom is 1.00 e. The molecule has 6 rings (SSSR count). The number of nitrogens with zero attached hydrogens (tertiary/aromatic N) is 2. The van der Waals surface area contributed by atoms with Gasteiger partial charge in [-0.2, -0.15) is 0 Å². The van der Waals surface area contributed by atoms with Crippen LogP contribution in [-0.4, -0.2) is 61.9 Å². The van der Waals surface area contributed by atoms with Gasteiger partial charge < -0.3 is 29.8 Å².